The van der Waals surface area contributed by atoms with Crippen LogP contribution in [-0.2, 0) is 0 Å². The summed E-state index contributed by atoms with van der Waals surface area (Å²) in [6.45, 7) is 0. The summed E-state index contributed by atoms with van der Waals surface area (Å²) in [4.78, 5) is 12.9. The number of hydrogen-bond acceptors (Lipinski definition) is 4. The van der Waals surface area contributed by atoms with E-state index in [9.17, 15) is 0 Å². The van der Waals surface area contributed by atoms with Gasteiger partial charge in [-0.1, -0.05) is 146 Å². The standard InChI is InChI=1S/C46H32N4S/c1-49-44(30-14-4-2-5-15-30)47-46(48-45(49)31-16-6-3-7-17-31)50-40-24-10-8-20-36(40)37-27-26-33(29-41(37)50)32-18-12-19-34(28-32)35-22-13-23-39-38-21-9-11-25-42(38)51-43(35)39/h2-29,44H,1H3. The van der Waals surface area contributed by atoms with E-state index in [1.54, 1.807) is 0 Å². The molecule has 0 saturated carbocycles. The Hall–Kier alpha value is -6.30. The Bertz CT molecular complexity index is 2830. The highest BCUT2D eigenvalue weighted by molar-refractivity contribution is 7.26. The van der Waals surface area contributed by atoms with Gasteiger partial charge in [-0.25, -0.2) is 4.99 Å². The summed E-state index contributed by atoms with van der Waals surface area (Å²) < 4.78 is 4.90. The van der Waals surface area contributed by atoms with Crippen molar-refractivity contribution in [2.45, 2.75) is 6.17 Å². The first kappa shape index (κ1) is 29.6. The molecule has 0 fully saturated rings. The Morgan fingerprint density at radius 2 is 1.16 bits per heavy atom. The lowest BCUT2D eigenvalue weighted by Gasteiger charge is -2.32. The Balaban J connectivity index is 1.16. The fraction of sp³-hybridized carbons (Fsp3) is 0.0435. The van der Waals surface area contributed by atoms with Crippen LogP contribution in [0.3, 0.4) is 0 Å². The maximum absolute atomic E-state index is 5.37. The number of benzene rings is 7. The van der Waals surface area contributed by atoms with Crippen LogP contribution in [0.15, 0.2) is 180 Å². The highest BCUT2D eigenvalue weighted by atomic mass is 32.1. The fourth-order valence-electron chi connectivity index (χ4n) is 7.61. The Kier molecular flexibility index (Phi) is 6.93. The zero-order valence-corrected chi connectivity index (χ0v) is 28.8. The number of nitrogens with zero attached hydrogens (tertiary/aromatic N) is 4. The van der Waals surface area contributed by atoms with Crippen LogP contribution in [0.2, 0.25) is 0 Å². The van der Waals surface area contributed by atoms with Crippen molar-refractivity contribution in [1.29, 1.82) is 0 Å². The second kappa shape index (κ2) is 11.9. The van der Waals surface area contributed by atoms with E-state index in [0.29, 0.717) is 5.96 Å². The molecule has 0 bridgehead atoms. The van der Waals surface area contributed by atoms with E-state index < -0.39 is 0 Å². The average Bonchev–Trinajstić information content (AvgIpc) is 3.74. The van der Waals surface area contributed by atoms with Gasteiger partial charge < -0.3 is 4.90 Å². The number of thiophene rings is 1. The average molecular weight is 673 g/mol. The van der Waals surface area contributed by atoms with E-state index in [0.717, 1.165) is 33.6 Å². The second-order valence-electron chi connectivity index (χ2n) is 13.1. The van der Waals surface area contributed by atoms with Gasteiger partial charge in [-0.3, -0.25) is 4.57 Å². The summed E-state index contributed by atoms with van der Waals surface area (Å²) in [6, 6.07) is 60.7. The summed E-state index contributed by atoms with van der Waals surface area (Å²) in [7, 11) is 2.08. The van der Waals surface area contributed by atoms with Crippen LogP contribution >= 0.6 is 11.3 Å². The minimum Gasteiger partial charge on any atom is -0.333 e. The summed E-state index contributed by atoms with van der Waals surface area (Å²) in [6.07, 6.45) is -0.235. The lowest BCUT2D eigenvalue weighted by molar-refractivity contribution is 0.381. The van der Waals surface area contributed by atoms with Crippen molar-refractivity contribution in [3.8, 4) is 22.3 Å². The topological polar surface area (TPSA) is 32.9 Å². The predicted molar refractivity (Wildman–Crippen MR) is 216 cm³/mol. The van der Waals surface area contributed by atoms with Gasteiger partial charge >= 0.3 is 0 Å². The first-order valence-corrected chi connectivity index (χ1v) is 18.1. The van der Waals surface area contributed by atoms with Crippen LogP contribution in [0.25, 0.3) is 64.2 Å². The molecule has 0 saturated heterocycles. The molecule has 10 rings (SSSR count). The van der Waals surface area contributed by atoms with Crippen molar-refractivity contribution < 1.29 is 0 Å². The highest BCUT2D eigenvalue weighted by Gasteiger charge is 2.28. The van der Waals surface area contributed by atoms with E-state index in [2.05, 4.69) is 180 Å². The zero-order chi connectivity index (χ0) is 33.9. The van der Waals surface area contributed by atoms with Gasteiger partial charge in [-0.05, 0) is 52.1 Å². The Morgan fingerprint density at radius 3 is 2.02 bits per heavy atom. The maximum atomic E-state index is 5.37. The molecular formula is C46H32N4S. The summed E-state index contributed by atoms with van der Waals surface area (Å²) >= 11 is 1.87. The smallest absolute Gasteiger partial charge is 0.234 e. The number of rotatable bonds is 4. The molecule has 0 aliphatic carbocycles. The van der Waals surface area contributed by atoms with E-state index in [4.69, 9.17) is 9.98 Å². The van der Waals surface area contributed by atoms with Crippen molar-refractivity contribution in [1.82, 2.24) is 9.47 Å². The largest absolute Gasteiger partial charge is 0.333 e. The molecule has 2 aromatic heterocycles. The molecule has 1 aliphatic heterocycles. The molecule has 51 heavy (non-hydrogen) atoms. The molecule has 1 aliphatic rings. The van der Waals surface area contributed by atoms with E-state index in [1.165, 1.54) is 47.6 Å². The molecule has 1 atom stereocenters. The van der Waals surface area contributed by atoms with Crippen molar-refractivity contribution >= 4 is 65.1 Å². The molecule has 1 unspecified atom stereocenters. The maximum Gasteiger partial charge on any atom is 0.234 e. The third-order valence-electron chi connectivity index (χ3n) is 10.1. The van der Waals surface area contributed by atoms with Crippen LogP contribution in [0.4, 0.5) is 0 Å². The highest BCUT2D eigenvalue weighted by Crippen LogP contribution is 2.41. The molecular weight excluding hydrogens is 641 g/mol. The van der Waals surface area contributed by atoms with Crippen LogP contribution in [-0.4, -0.2) is 28.3 Å². The third kappa shape index (κ3) is 4.89. The van der Waals surface area contributed by atoms with Gasteiger partial charge in [0.1, 0.15) is 5.84 Å². The molecule has 0 N–H and O–H groups in total. The summed E-state index contributed by atoms with van der Waals surface area (Å²) in [5.74, 6) is 1.56. The Labute approximate surface area is 299 Å². The number of aromatic nitrogens is 1. The van der Waals surface area contributed by atoms with Gasteiger partial charge in [0.05, 0.1) is 11.0 Å². The lowest BCUT2D eigenvalue weighted by Crippen LogP contribution is -2.36. The van der Waals surface area contributed by atoms with Crippen LogP contribution in [0, 0.1) is 0 Å². The van der Waals surface area contributed by atoms with E-state index in [-0.39, 0.29) is 6.17 Å². The second-order valence-corrected chi connectivity index (χ2v) is 14.1. The van der Waals surface area contributed by atoms with Gasteiger partial charge in [0.15, 0.2) is 6.17 Å². The van der Waals surface area contributed by atoms with E-state index in [1.807, 2.05) is 17.4 Å². The number of para-hydroxylation sites is 1. The zero-order valence-electron chi connectivity index (χ0n) is 27.9. The fourth-order valence-corrected chi connectivity index (χ4v) is 8.85. The van der Waals surface area contributed by atoms with Crippen molar-refractivity contribution in [3.05, 3.63) is 181 Å². The van der Waals surface area contributed by atoms with Crippen molar-refractivity contribution in [2.24, 2.45) is 9.98 Å². The first-order valence-electron chi connectivity index (χ1n) is 17.3. The van der Waals surface area contributed by atoms with Crippen LogP contribution in [0.1, 0.15) is 17.3 Å². The first-order chi connectivity index (χ1) is 25.2. The van der Waals surface area contributed by atoms with Gasteiger partial charge in [-0.15, -0.1) is 11.3 Å². The lowest BCUT2D eigenvalue weighted by atomic mass is 9.97. The SMILES string of the molecule is CN1C(c2ccccc2)=NC(n2c3ccccc3c3ccc(-c4cccc(-c5cccc6c5sc5ccccc56)c4)cc32)=NC1c1ccccc1. The van der Waals surface area contributed by atoms with Gasteiger partial charge in [0, 0.05) is 43.6 Å². The number of hydrogen-bond donors (Lipinski definition) is 0. The molecule has 5 heteroatoms. The third-order valence-corrected chi connectivity index (χ3v) is 11.3. The predicted octanol–water partition coefficient (Wildman–Crippen LogP) is 11.8. The quantitative estimate of drug-likeness (QED) is 0.183. The normalized spacial score (nSPS) is 14.8. The van der Waals surface area contributed by atoms with Crippen LogP contribution in [0.5, 0.6) is 0 Å². The molecule has 0 spiro atoms. The van der Waals surface area contributed by atoms with E-state index >= 15 is 0 Å². The molecule has 4 nitrogen and oxygen atoms in total. The molecule has 0 amide bonds. The molecule has 3 heterocycles. The minimum atomic E-state index is -0.235. The number of amidine groups is 1. The Morgan fingerprint density at radius 1 is 0.510 bits per heavy atom. The van der Waals surface area contributed by atoms with Crippen molar-refractivity contribution in [2.75, 3.05) is 7.05 Å². The van der Waals surface area contributed by atoms with Gasteiger partial charge in [0.2, 0.25) is 5.96 Å². The van der Waals surface area contributed by atoms with Gasteiger partial charge in [0.25, 0.3) is 0 Å². The molecule has 242 valence electrons. The van der Waals surface area contributed by atoms with Gasteiger partial charge in [-0.2, -0.15) is 4.99 Å². The monoisotopic (exact) mass is 672 g/mol. The number of aliphatic imine (C=N–C) groups is 2. The van der Waals surface area contributed by atoms with Crippen LogP contribution < -0.4 is 0 Å². The summed E-state index contributed by atoms with van der Waals surface area (Å²) in [5, 5.41) is 4.99. The minimum absolute atomic E-state index is 0.235. The number of fused-ring (bicyclic) bond motifs is 6. The molecule has 7 aromatic carbocycles. The molecule has 0 radical (unpaired) electrons. The van der Waals surface area contributed by atoms with Crippen molar-refractivity contribution in [3.63, 3.8) is 0 Å². The summed E-state index contributed by atoms with van der Waals surface area (Å²) in [5.41, 5.74) is 9.14. The molecule has 9 aromatic rings.